The van der Waals surface area contributed by atoms with Crippen molar-refractivity contribution in [3.05, 3.63) is 70.2 Å². The van der Waals surface area contributed by atoms with Crippen molar-refractivity contribution in [2.45, 2.75) is 26.8 Å². The molecule has 0 aliphatic heterocycles. The van der Waals surface area contributed by atoms with Gasteiger partial charge in [0.25, 0.3) is 11.8 Å². The Hall–Kier alpha value is -3.19. The third-order valence-corrected chi connectivity index (χ3v) is 4.43. The third-order valence-electron chi connectivity index (χ3n) is 4.11. The van der Waals surface area contributed by atoms with Crippen molar-refractivity contribution in [1.82, 2.24) is 10.5 Å². The van der Waals surface area contributed by atoms with Crippen LogP contribution in [0.2, 0.25) is 5.02 Å². The van der Waals surface area contributed by atoms with E-state index >= 15 is 0 Å². The van der Waals surface area contributed by atoms with Crippen LogP contribution in [0.4, 0.5) is 10.1 Å². The summed E-state index contributed by atoms with van der Waals surface area (Å²) in [5.41, 5.74) is 1.03. The zero-order valence-electron chi connectivity index (χ0n) is 16.0. The number of nitrogens with one attached hydrogen (secondary N) is 2. The minimum atomic E-state index is -0.611. The number of carbonyl (C=O) groups excluding carboxylic acids is 2. The van der Waals surface area contributed by atoms with Gasteiger partial charge in [0.1, 0.15) is 22.8 Å². The summed E-state index contributed by atoms with van der Waals surface area (Å²) in [6, 6.07) is 10.6. The maximum Gasteiger partial charge on any atom is 0.261 e. The number of aryl methyl sites for hydroxylation is 1. The van der Waals surface area contributed by atoms with Gasteiger partial charge in [0.15, 0.2) is 0 Å². The summed E-state index contributed by atoms with van der Waals surface area (Å²) in [5, 5.41) is 9.44. The number of aromatic nitrogens is 1. The maximum absolute atomic E-state index is 14.3. The molecule has 2 aromatic carbocycles. The summed E-state index contributed by atoms with van der Waals surface area (Å²) >= 11 is 6.10. The van der Waals surface area contributed by atoms with E-state index in [1.54, 1.807) is 31.2 Å². The van der Waals surface area contributed by atoms with E-state index in [0.29, 0.717) is 11.3 Å². The smallest absolute Gasteiger partial charge is 0.261 e. The van der Waals surface area contributed by atoms with Gasteiger partial charge in [0, 0.05) is 17.3 Å². The lowest BCUT2D eigenvalue weighted by atomic mass is 10.0. The minimum absolute atomic E-state index is 0.00290. The van der Waals surface area contributed by atoms with Crippen LogP contribution in [0, 0.1) is 12.7 Å². The van der Waals surface area contributed by atoms with Gasteiger partial charge in [0.05, 0.1) is 10.6 Å². The first-order valence-corrected chi connectivity index (χ1v) is 9.28. The van der Waals surface area contributed by atoms with Gasteiger partial charge in [0.2, 0.25) is 0 Å². The summed E-state index contributed by atoms with van der Waals surface area (Å²) in [6.45, 7) is 5.29. The van der Waals surface area contributed by atoms with Crippen LogP contribution in [0.25, 0.3) is 11.3 Å². The molecule has 0 spiro atoms. The number of halogens is 2. The monoisotopic (exact) mass is 415 g/mol. The zero-order valence-corrected chi connectivity index (χ0v) is 16.8. The largest absolute Gasteiger partial charge is 0.360 e. The van der Waals surface area contributed by atoms with Gasteiger partial charge in [-0.2, -0.15) is 0 Å². The molecule has 3 rings (SSSR count). The SMILES string of the molecule is Cc1onc(-c2c(F)cccc2Cl)c1C(=O)Nc1ccc(C(=O)NC(C)C)cc1. The van der Waals surface area contributed by atoms with Gasteiger partial charge < -0.3 is 15.2 Å². The molecule has 0 aliphatic rings. The Morgan fingerprint density at radius 3 is 2.41 bits per heavy atom. The number of carbonyl (C=O) groups is 2. The Morgan fingerprint density at radius 2 is 1.79 bits per heavy atom. The van der Waals surface area contributed by atoms with E-state index in [1.165, 1.54) is 18.2 Å². The standard InChI is InChI=1S/C21H19ClFN3O3/c1-11(2)24-20(27)13-7-9-14(10-8-13)25-21(28)17-12(3)29-26-19(17)18-15(22)5-4-6-16(18)23/h4-11H,1-3H3,(H,24,27)(H,25,28). The number of benzene rings is 2. The Morgan fingerprint density at radius 1 is 1.10 bits per heavy atom. The lowest BCUT2D eigenvalue weighted by molar-refractivity contribution is 0.0942. The van der Waals surface area contributed by atoms with Crippen LogP contribution in [0.1, 0.15) is 40.3 Å². The fraction of sp³-hybridized carbons (Fsp3) is 0.190. The number of anilines is 1. The number of hydrogen-bond donors (Lipinski definition) is 2. The summed E-state index contributed by atoms with van der Waals surface area (Å²) in [4.78, 5) is 24.8. The second-order valence-corrected chi connectivity index (χ2v) is 7.13. The molecule has 0 atom stereocenters. The van der Waals surface area contributed by atoms with Gasteiger partial charge in [-0.05, 0) is 57.2 Å². The molecule has 1 heterocycles. The second-order valence-electron chi connectivity index (χ2n) is 6.72. The van der Waals surface area contributed by atoms with E-state index in [4.69, 9.17) is 16.1 Å². The maximum atomic E-state index is 14.3. The van der Waals surface area contributed by atoms with E-state index in [1.807, 2.05) is 13.8 Å². The Balaban J connectivity index is 1.86. The summed E-state index contributed by atoms with van der Waals surface area (Å²) < 4.78 is 19.4. The zero-order chi connectivity index (χ0) is 21.1. The van der Waals surface area contributed by atoms with Crippen molar-refractivity contribution in [3.8, 4) is 11.3 Å². The lowest BCUT2D eigenvalue weighted by Gasteiger charge is -2.10. The Labute approximate surface area is 172 Å². The van der Waals surface area contributed by atoms with Crippen LogP contribution in [0.5, 0.6) is 0 Å². The Bertz CT molecular complexity index is 1040. The second kappa shape index (κ2) is 8.45. The number of rotatable bonds is 5. The van der Waals surface area contributed by atoms with Gasteiger partial charge in [-0.25, -0.2) is 4.39 Å². The molecule has 29 heavy (non-hydrogen) atoms. The first-order chi connectivity index (χ1) is 13.8. The van der Waals surface area contributed by atoms with Crippen LogP contribution >= 0.6 is 11.6 Å². The highest BCUT2D eigenvalue weighted by molar-refractivity contribution is 6.33. The number of amides is 2. The molecule has 2 N–H and O–H groups in total. The molecular weight excluding hydrogens is 397 g/mol. The molecule has 0 radical (unpaired) electrons. The number of nitrogens with zero attached hydrogens (tertiary/aromatic N) is 1. The van der Waals surface area contributed by atoms with Crippen molar-refractivity contribution >= 4 is 29.1 Å². The normalized spacial score (nSPS) is 10.8. The first kappa shape index (κ1) is 20.5. The third kappa shape index (κ3) is 4.46. The van der Waals surface area contributed by atoms with E-state index in [-0.39, 0.29) is 39.6 Å². The molecule has 2 amide bonds. The predicted molar refractivity (Wildman–Crippen MR) is 109 cm³/mol. The summed E-state index contributed by atoms with van der Waals surface area (Å²) in [6.07, 6.45) is 0. The van der Waals surface area contributed by atoms with Crippen molar-refractivity contribution in [2.24, 2.45) is 0 Å². The minimum Gasteiger partial charge on any atom is -0.360 e. The molecule has 0 unspecified atom stereocenters. The average Bonchev–Trinajstić information content (AvgIpc) is 3.03. The van der Waals surface area contributed by atoms with Crippen molar-refractivity contribution in [2.75, 3.05) is 5.32 Å². The number of hydrogen-bond acceptors (Lipinski definition) is 4. The van der Waals surface area contributed by atoms with Gasteiger partial charge in [-0.15, -0.1) is 0 Å². The van der Waals surface area contributed by atoms with Gasteiger partial charge in [-0.1, -0.05) is 22.8 Å². The van der Waals surface area contributed by atoms with E-state index in [9.17, 15) is 14.0 Å². The predicted octanol–water partition coefficient (Wildman–Crippen LogP) is 4.83. The van der Waals surface area contributed by atoms with Crippen molar-refractivity contribution in [1.29, 1.82) is 0 Å². The summed E-state index contributed by atoms with van der Waals surface area (Å²) in [7, 11) is 0. The molecule has 8 heteroatoms. The summed E-state index contributed by atoms with van der Waals surface area (Å²) in [5.74, 6) is -1.12. The molecule has 6 nitrogen and oxygen atoms in total. The molecule has 0 saturated heterocycles. The molecule has 0 fully saturated rings. The highest BCUT2D eigenvalue weighted by Crippen LogP contribution is 2.33. The first-order valence-electron chi connectivity index (χ1n) is 8.91. The van der Waals surface area contributed by atoms with Crippen LogP contribution in [0.15, 0.2) is 47.0 Å². The molecule has 150 valence electrons. The topological polar surface area (TPSA) is 84.2 Å². The highest BCUT2D eigenvalue weighted by atomic mass is 35.5. The fourth-order valence-corrected chi connectivity index (χ4v) is 3.03. The highest BCUT2D eigenvalue weighted by Gasteiger charge is 2.25. The van der Waals surface area contributed by atoms with Crippen LogP contribution < -0.4 is 10.6 Å². The van der Waals surface area contributed by atoms with E-state index in [0.717, 1.165) is 0 Å². The molecular formula is C21H19ClFN3O3. The molecule has 0 bridgehead atoms. The van der Waals surface area contributed by atoms with Crippen LogP contribution in [0.3, 0.4) is 0 Å². The van der Waals surface area contributed by atoms with Crippen LogP contribution in [-0.2, 0) is 0 Å². The Kier molecular flexibility index (Phi) is 5.98. The molecule has 3 aromatic rings. The van der Waals surface area contributed by atoms with Crippen LogP contribution in [-0.4, -0.2) is 23.0 Å². The molecule has 0 saturated carbocycles. The molecule has 1 aromatic heterocycles. The average molecular weight is 416 g/mol. The molecule has 0 aliphatic carbocycles. The quantitative estimate of drug-likeness (QED) is 0.624. The van der Waals surface area contributed by atoms with Gasteiger partial charge >= 0.3 is 0 Å². The van der Waals surface area contributed by atoms with Crippen molar-refractivity contribution < 1.29 is 18.5 Å². The van der Waals surface area contributed by atoms with E-state index in [2.05, 4.69) is 15.8 Å². The fourth-order valence-electron chi connectivity index (χ4n) is 2.78. The lowest BCUT2D eigenvalue weighted by Crippen LogP contribution is -2.30. The van der Waals surface area contributed by atoms with Gasteiger partial charge in [-0.3, -0.25) is 9.59 Å². The van der Waals surface area contributed by atoms with Crippen molar-refractivity contribution in [3.63, 3.8) is 0 Å². The van der Waals surface area contributed by atoms with E-state index < -0.39 is 11.7 Å².